The lowest BCUT2D eigenvalue weighted by Crippen LogP contribution is -2.65. The van der Waals surface area contributed by atoms with Gasteiger partial charge in [-0.15, -0.1) is 0 Å². The Morgan fingerprint density at radius 3 is 2.34 bits per heavy atom. The summed E-state index contributed by atoms with van der Waals surface area (Å²) in [5, 5.41) is 33.8. The summed E-state index contributed by atoms with van der Waals surface area (Å²) in [7, 11) is 0. The third kappa shape index (κ3) is 3.16. The highest BCUT2D eigenvalue weighted by Gasteiger charge is 2.67. The second-order valence-electron chi connectivity index (χ2n) is 12.0. The number of hydrogen-bond acceptors (Lipinski definition) is 3. The minimum absolute atomic E-state index is 0.0532. The van der Waals surface area contributed by atoms with E-state index in [0.717, 1.165) is 32.1 Å². The fourth-order valence-corrected chi connectivity index (χ4v) is 9.70. The Bertz CT molecular complexity index is 593. The molecule has 0 spiro atoms. The van der Waals surface area contributed by atoms with Gasteiger partial charge in [0.1, 0.15) is 0 Å². The van der Waals surface area contributed by atoms with E-state index in [1.165, 1.54) is 25.7 Å². The molecule has 3 nitrogen and oxygen atoms in total. The molecule has 0 saturated heterocycles. The van der Waals surface area contributed by atoms with Crippen LogP contribution in [0, 0.1) is 52.3 Å². The molecule has 168 valence electrons. The SMILES string of the molecule is CCC[C@@H](C)[C@H]1CCC2C3C(O)[C@H](CC)[C@@H]4C[C@H](O)CC[C@]4(C)C3C(O)C[C@@]21C. The van der Waals surface area contributed by atoms with Crippen LogP contribution in [0.15, 0.2) is 0 Å². The molecule has 0 bridgehead atoms. The summed E-state index contributed by atoms with van der Waals surface area (Å²) >= 11 is 0. The zero-order chi connectivity index (χ0) is 21.1. The smallest absolute Gasteiger partial charge is 0.0605 e. The number of fused-ring (bicyclic) bond motifs is 5. The fourth-order valence-electron chi connectivity index (χ4n) is 9.70. The van der Waals surface area contributed by atoms with Crippen molar-refractivity contribution in [2.24, 2.45) is 52.3 Å². The second-order valence-corrected chi connectivity index (χ2v) is 12.0. The summed E-state index contributed by atoms with van der Waals surface area (Å²) in [6.45, 7) is 11.8. The number of aliphatic hydroxyl groups is 3. The maximum atomic E-state index is 11.7. The Balaban J connectivity index is 1.72. The molecule has 4 aliphatic carbocycles. The van der Waals surface area contributed by atoms with E-state index in [-0.39, 0.29) is 46.9 Å². The predicted octanol–water partition coefficient (Wildman–Crippen LogP) is 5.02. The molecule has 0 aromatic carbocycles. The van der Waals surface area contributed by atoms with Crippen molar-refractivity contribution in [3.05, 3.63) is 0 Å². The van der Waals surface area contributed by atoms with E-state index >= 15 is 0 Å². The summed E-state index contributed by atoms with van der Waals surface area (Å²) in [6.07, 6.45) is 8.66. The molecule has 4 rings (SSSR count). The molecule has 12 atom stereocenters. The van der Waals surface area contributed by atoms with Gasteiger partial charge in [-0.1, -0.05) is 53.9 Å². The maximum Gasteiger partial charge on any atom is 0.0605 e. The van der Waals surface area contributed by atoms with Gasteiger partial charge in [-0.3, -0.25) is 0 Å². The molecule has 4 aliphatic rings. The molecule has 0 aliphatic heterocycles. The molecule has 0 radical (unpaired) electrons. The van der Waals surface area contributed by atoms with Crippen LogP contribution < -0.4 is 0 Å². The zero-order valence-corrected chi connectivity index (χ0v) is 19.5. The summed E-state index contributed by atoms with van der Waals surface area (Å²) in [6, 6.07) is 0. The maximum absolute atomic E-state index is 11.7. The van der Waals surface area contributed by atoms with E-state index < -0.39 is 0 Å². The van der Waals surface area contributed by atoms with E-state index in [1.807, 2.05) is 0 Å². The Hall–Kier alpha value is -0.120. The van der Waals surface area contributed by atoms with Gasteiger partial charge in [0.25, 0.3) is 0 Å². The molecule has 3 N–H and O–H groups in total. The average Bonchev–Trinajstić information content (AvgIpc) is 3.00. The Morgan fingerprint density at radius 2 is 1.69 bits per heavy atom. The van der Waals surface area contributed by atoms with E-state index in [4.69, 9.17) is 0 Å². The summed E-state index contributed by atoms with van der Waals surface area (Å²) in [5.41, 5.74) is 0.212. The van der Waals surface area contributed by atoms with E-state index in [1.54, 1.807) is 0 Å². The number of hydrogen-bond donors (Lipinski definition) is 3. The lowest BCUT2D eigenvalue weighted by atomic mass is 9.40. The molecule has 4 fully saturated rings. The van der Waals surface area contributed by atoms with Crippen molar-refractivity contribution >= 4 is 0 Å². The van der Waals surface area contributed by atoms with Gasteiger partial charge in [0.2, 0.25) is 0 Å². The highest BCUT2D eigenvalue weighted by molar-refractivity contribution is 5.15. The van der Waals surface area contributed by atoms with Crippen LogP contribution in [0.1, 0.15) is 92.4 Å². The molecule has 0 heterocycles. The molecule has 29 heavy (non-hydrogen) atoms. The monoisotopic (exact) mass is 406 g/mol. The molecular weight excluding hydrogens is 360 g/mol. The van der Waals surface area contributed by atoms with Gasteiger partial charge in [0, 0.05) is 0 Å². The first-order chi connectivity index (χ1) is 13.7. The van der Waals surface area contributed by atoms with E-state index in [0.29, 0.717) is 23.7 Å². The Labute approximate surface area is 178 Å². The summed E-state index contributed by atoms with van der Waals surface area (Å²) in [5.74, 6) is 2.93. The van der Waals surface area contributed by atoms with Gasteiger partial charge in [0.05, 0.1) is 18.3 Å². The molecule has 0 aromatic rings. The van der Waals surface area contributed by atoms with E-state index in [9.17, 15) is 15.3 Å². The number of aliphatic hydroxyl groups excluding tert-OH is 3. The van der Waals surface area contributed by atoms with Crippen molar-refractivity contribution in [2.45, 2.75) is 111 Å². The largest absolute Gasteiger partial charge is 0.393 e. The topological polar surface area (TPSA) is 60.7 Å². The Morgan fingerprint density at radius 1 is 0.966 bits per heavy atom. The zero-order valence-electron chi connectivity index (χ0n) is 19.5. The van der Waals surface area contributed by atoms with Crippen LogP contribution in [-0.4, -0.2) is 33.6 Å². The van der Waals surface area contributed by atoms with Crippen LogP contribution in [0.2, 0.25) is 0 Å². The van der Waals surface area contributed by atoms with E-state index in [2.05, 4.69) is 34.6 Å². The molecular formula is C26H46O3. The van der Waals surface area contributed by atoms with Crippen LogP contribution in [0.3, 0.4) is 0 Å². The van der Waals surface area contributed by atoms with Gasteiger partial charge < -0.3 is 15.3 Å². The first-order valence-corrected chi connectivity index (χ1v) is 12.7. The van der Waals surface area contributed by atoms with Crippen LogP contribution in [0.5, 0.6) is 0 Å². The lowest BCUT2D eigenvalue weighted by Gasteiger charge is -2.66. The quantitative estimate of drug-likeness (QED) is 0.614. The van der Waals surface area contributed by atoms with Gasteiger partial charge in [-0.05, 0) is 90.8 Å². The Kier molecular flexibility index (Phi) is 5.93. The van der Waals surface area contributed by atoms with Crippen LogP contribution in [0.4, 0.5) is 0 Å². The van der Waals surface area contributed by atoms with Gasteiger partial charge in [-0.2, -0.15) is 0 Å². The standard InChI is InChI=1S/C26H46O3/c1-6-8-15(3)18-9-10-19-22-23(21(28)14-26(18,19)5)25(4)12-11-16(27)13-20(25)17(7-2)24(22)29/h15-24,27-29H,6-14H2,1-5H3/t15-,16-,17-,18-,19?,20+,21?,22?,23?,24?,25+,26-/m1/s1. The molecule has 3 heteroatoms. The number of rotatable bonds is 4. The van der Waals surface area contributed by atoms with Crippen LogP contribution in [0.25, 0.3) is 0 Å². The molecule has 5 unspecified atom stereocenters. The summed E-state index contributed by atoms with van der Waals surface area (Å²) < 4.78 is 0. The third-order valence-electron chi connectivity index (χ3n) is 10.8. The first-order valence-electron chi connectivity index (χ1n) is 12.7. The fraction of sp³-hybridized carbons (Fsp3) is 1.00. The van der Waals surface area contributed by atoms with Crippen molar-refractivity contribution < 1.29 is 15.3 Å². The second kappa shape index (κ2) is 7.78. The van der Waals surface area contributed by atoms with Gasteiger partial charge in [0.15, 0.2) is 0 Å². The van der Waals surface area contributed by atoms with Crippen molar-refractivity contribution in [2.75, 3.05) is 0 Å². The predicted molar refractivity (Wildman–Crippen MR) is 117 cm³/mol. The first kappa shape index (κ1) is 22.1. The summed E-state index contributed by atoms with van der Waals surface area (Å²) in [4.78, 5) is 0. The van der Waals surface area contributed by atoms with Crippen molar-refractivity contribution in [1.29, 1.82) is 0 Å². The van der Waals surface area contributed by atoms with Crippen LogP contribution >= 0.6 is 0 Å². The average molecular weight is 407 g/mol. The van der Waals surface area contributed by atoms with Crippen LogP contribution in [-0.2, 0) is 0 Å². The minimum Gasteiger partial charge on any atom is -0.393 e. The van der Waals surface area contributed by atoms with Crippen molar-refractivity contribution in [3.8, 4) is 0 Å². The van der Waals surface area contributed by atoms with Gasteiger partial charge in [-0.25, -0.2) is 0 Å². The lowest BCUT2D eigenvalue weighted by molar-refractivity contribution is -0.235. The van der Waals surface area contributed by atoms with Crippen molar-refractivity contribution in [3.63, 3.8) is 0 Å². The third-order valence-corrected chi connectivity index (χ3v) is 10.8. The van der Waals surface area contributed by atoms with Crippen molar-refractivity contribution in [1.82, 2.24) is 0 Å². The molecule has 0 amide bonds. The minimum atomic E-state index is -0.326. The normalized spacial score (nSPS) is 55.7. The highest BCUT2D eigenvalue weighted by Crippen LogP contribution is 2.69. The molecule has 4 saturated carbocycles. The molecule has 0 aromatic heterocycles. The van der Waals surface area contributed by atoms with Gasteiger partial charge >= 0.3 is 0 Å². The highest BCUT2D eigenvalue weighted by atomic mass is 16.3.